The Hall–Kier alpha value is -3.79. The van der Waals surface area contributed by atoms with Crippen LogP contribution in [0.4, 0.5) is 0 Å². The third-order valence-corrected chi connectivity index (χ3v) is 5.86. The number of likely N-dealkylation sites (tertiary alicyclic amines) is 1. The Morgan fingerprint density at radius 3 is 2.64 bits per heavy atom. The van der Waals surface area contributed by atoms with Crippen LogP contribution < -0.4 is 9.47 Å². The number of fused-ring (bicyclic) bond motifs is 1. The van der Waals surface area contributed by atoms with Crippen LogP contribution in [0.25, 0.3) is 22.7 Å². The second-order valence-corrected chi connectivity index (χ2v) is 8.22. The Kier molecular flexibility index (Phi) is 6.64. The molecule has 3 aromatic rings. The van der Waals surface area contributed by atoms with E-state index < -0.39 is 0 Å². The quantitative estimate of drug-likeness (QED) is 0.536. The lowest BCUT2D eigenvalue weighted by atomic mass is 10.1. The van der Waals surface area contributed by atoms with Gasteiger partial charge in [-0.3, -0.25) is 4.79 Å². The number of carbonyl (C=O) groups is 1. The van der Waals surface area contributed by atoms with Gasteiger partial charge >= 0.3 is 0 Å². The van der Waals surface area contributed by atoms with E-state index in [1.807, 2.05) is 49.9 Å². The number of allylic oxidation sites excluding steroid dienone is 1. The molecule has 2 heterocycles. The molecule has 0 bridgehead atoms. The molecule has 1 saturated heterocycles. The first-order valence-electron chi connectivity index (χ1n) is 11.2. The van der Waals surface area contributed by atoms with Crippen molar-refractivity contribution in [1.29, 1.82) is 5.26 Å². The first-order valence-corrected chi connectivity index (χ1v) is 11.2. The molecule has 7 nitrogen and oxygen atoms in total. The maximum atomic E-state index is 12.3. The summed E-state index contributed by atoms with van der Waals surface area (Å²) in [7, 11) is 0. The normalized spacial score (nSPS) is 13.9. The van der Waals surface area contributed by atoms with Crippen molar-refractivity contribution in [2.75, 3.05) is 26.3 Å². The average Bonchev–Trinajstić information content (AvgIpc) is 3.47. The summed E-state index contributed by atoms with van der Waals surface area (Å²) in [6.07, 6.45) is 3.85. The molecule has 4 rings (SSSR count). The highest BCUT2D eigenvalue weighted by Crippen LogP contribution is 2.30. The van der Waals surface area contributed by atoms with Crippen molar-refractivity contribution in [2.24, 2.45) is 0 Å². The number of carbonyl (C=O) groups excluding carboxylic acids is 1. The molecule has 2 aromatic carbocycles. The molecule has 1 amide bonds. The van der Waals surface area contributed by atoms with Crippen LogP contribution >= 0.6 is 0 Å². The van der Waals surface area contributed by atoms with Crippen LogP contribution in [0.2, 0.25) is 0 Å². The average molecular weight is 445 g/mol. The summed E-state index contributed by atoms with van der Waals surface area (Å²) in [4.78, 5) is 22.0. The molecule has 0 aliphatic carbocycles. The fourth-order valence-electron chi connectivity index (χ4n) is 3.92. The maximum Gasteiger partial charge on any atom is 0.260 e. The largest absolute Gasteiger partial charge is 0.490 e. The van der Waals surface area contributed by atoms with E-state index in [4.69, 9.17) is 9.47 Å². The Bertz CT molecular complexity index is 1210. The minimum Gasteiger partial charge on any atom is -0.490 e. The number of hydrogen-bond donors (Lipinski definition) is 1. The van der Waals surface area contributed by atoms with E-state index in [0.717, 1.165) is 48.1 Å². The number of benzene rings is 2. The molecule has 0 saturated carbocycles. The van der Waals surface area contributed by atoms with Crippen molar-refractivity contribution in [3.63, 3.8) is 0 Å². The number of aryl methyl sites for hydroxylation is 2. The molecular formula is C26H28N4O3. The van der Waals surface area contributed by atoms with Gasteiger partial charge in [0.25, 0.3) is 5.91 Å². The predicted octanol–water partition coefficient (Wildman–Crippen LogP) is 4.64. The summed E-state index contributed by atoms with van der Waals surface area (Å²) >= 11 is 0. The van der Waals surface area contributed by atoms with Crippen molar-refractivity contribution in [2.45, 2.75) is 33.6 Å². The summed E-state index contributed by atoms with van der Waals surface area (Å²) in [5, 5.41) is 9.78. The maximum absolute atomic E-state index is 12.3. The molecule has 1 aromatic heterocycles. The summed E-state index contributed by atoms with van der Waals surface area (Å²) in [5.74, 6) is 1.55. The van der Waals surface area contributed by atoms with Gasteiger partial charge < -0.3 is 19.4 Å². The van der Waals surface area contributed by atoms with Crippen LogP contribution in [0.3, 0.4) is 0 Å². The second kappa shape index (κ2) is 9.78. The topological polar surface area (TPSA) is 91.2 Å². The van der Waals surface area contributed by atoms with Crippen molar-refractivity contribution in [3.8, 4) is 17.6 Å². The van der Waals surface area contributed by atoms with Gasteiger partial charge in [-0.05, 0) is 80.6 Å². The van der Waals surface area contributed by atoms with E-state index in [0.29, 0.717) is 29.5 Å². The molecule has 0 radical (unpaired) electrons. The number of nitrogens with zero attached hydrogens (tertiary/aromatic N) is 3. The monoisotopic (exact) mass is 444 g/mol. The molecule has 1 fully saturated rings. The number of aromatic amines is 1. The highest BCUT2D eigenvalue weighted by molar-refractivity contribution is 5.90. The fourth-order valence-corrected chi connectivity index (χ4v) is 3.92. The number of hydrogen-bond acceptors (Lipinski definition) is 5. The van der Waals surface area contributed by atoms with Crippen LogP contribution in [-0.4, -0.2) is 47.1 Å². The number of ether oxygens (including phenoxy) is 2. The van der Waals surface area contributed by atoms with Gasteiger partial charge in [0.05, 0.1) is 23.2 Å². The van der Waals surface area contributed by atoms with E-state index in [1.54, 1.807) is 12.1 Å². The van der Waals surface area contributed by atoms with Crippen LogP contribution in [0, 0.1) is 25.2 Å². The number of imidazole rings is 1. The zero-order valence-corrected chi connectivity index (χ0v) is 19.3. The van der Waals surface area contributed by atoms with Gasteiger partial charge in [-0.25, -0.2) is 4.98 Å². The highest BCUT2D eigenvalue weighted by Gasteiger charge is 2.19. The van der Waals surface area contributed by atoms with Gasteiger partial charge in [-0.2, -0.15) is 5.26 Å². The zero-order chi connectivity index (χ0) is 23.4. The lowest BCUT2D eigenvalue weighted by molar-refractivity contribution is -0.132. The molecule has 0 spiro atoms. The van der Waals surface area contributed by atoms with Gasteiger partial charge in [-0.1, -0.05) is 6.07 Å². The summed E-state index contributed by atoms with van der Waals surface area (Å²) in [5.41, 5.74) is 5.25. The summed E-state index contributed by atoms with van der Waals surface area (Å²) in [6, 6.07) is 11.7. The molecule has 1 aliphatic rings. The smallest absolute Gasteiger partial charge is 0.260 e. The number of nitrogens with one attached hydrogen (secondary N) is 1. The van der Waals surface area contributed by atoms with E-state index in [2.05, 4.69) is 16.0 Å². The molecule has 33 heavy (non-hydrogen) atoms. The minimum absolute atomic E-state index is 0.0129. The lowest BCUT2D eigenvalue weighted by Gasteiger charge is -2.17. The number of rotatable bonds is 7. The SMILES string of the molecule is CCOc1cc(C=C(C#N)c2nc3cc(C)c(C)cc3[nH]2)ccc1OCC(=O)N1CCCC1. The van der Waals surface area contributed by atoms with Crippen LogP contribution in [0.15, 0.2) is 30.3 Å². The molecular weight excluding hydrogens is 416 g/mol. The van der Waals surface area contributed by atoms with Gasteiger partial charge in [0.2, 0.25) is 0 Å². The molecule has 170 valence electrons. The number of amides is 1. The van der Waals surface area contributed by atoms with Crippen molar-refractivity contribution in [3.05, 3.63) is 52.8 Å². The highest BCUT2D eigenvalue weighted by atomic mass is 16.5. The van der Waals surface area contributed by atoms with Gasteiger partial charge in [-0.15, -0.1) is 0 Å². The molecule has 1 N–H and O–H groups in total. The van der Waals surface area contributed by atoms with Gasteiger partial charge in [0.1, 0.15) is 11.9 Å². The standard InChI is InChI=1S/C26H28N4O3/c1-4-32-24-14-19(7-8-23(24)33-16-25(31)30-9-5-6-10-30)13-20(15-27)26-28-21-11-17(2)18(3)12-22(21)29-26/h7-8,11-14H,4-6,9-10,16H2,1-3H3,(H,28,29). The van der Waals surface area contributed by atoms with Crippen LogP contribution in [0.5, 0.6) is 11.5 Å². The molecule has 0 atom stereocenters. The fraction of sp³-hybridized carbons (Fsp3) is 0.346. The third-order valence-electron chi connectivity index (χ3n) is 5.86. The van der Waals surface area contributed by atoms with E-state index in [9.17, 15) is 10.1 Å². The second-order valence-electron chi connectivity index (χ2n) is 8.22. The third kappa shape index (κ3) is 5.01. The predicted molar refractivity (Wildman–Crippen MR) is 128 cm³/mol. The first-order chi connectivity index (χ1) is 16.0. The van der Waals surface area contributed by atoms with Gasteiger partial charge in [0.15, 0.2) is 18.1 Å². The van der Waals surface area contributed by atoms with Crippen LogP contribution in [-0.2, 0) is 4.79 Å². The van der Waals surface area contributed by atoms with Gasteiger partial charge in [0, 0.05) is 13.1 Å². The van der Waals surface area contributed by atoms with Crippen molar-refractivity contribution < 1.29 is 14.3 Å². The number of H-pyrrole nitrogens is 1. The minimum atomic E-state index is -0.0173. The Balaban J connectivity index is 1.57. The van der Waals surface area contributed by atoms with Crippen molar-refractivity contribution in [1.82, 2.24) is 14.9 Å². The Labute approximate surface area is 193 Å². The lowest BCUT2D eigenvalue weighted by Crippen LogP contribution is -2.32. The zero-order valence-electron chi connectivity index (χ0n) is 19.3. The number of nitriles is 1. The van der Waals surface area contributed by atoms with E-state index in [-0.39, 0.29) is 12.5 Å². The van der Waals surface area contributed by atoms with Crippen LogP contribution in [0.1, 0.15) is 42.3 Å². The Morgan fingerprint density at radius 1 is 1.15 bits per heavy atom. The molecule has 1 aliphatic heterocycles. The number of aromatic nitrogens is 2. The van der Waals surface area contributed by atoms with E-state index >= 15 is 0 Å². The molecule has 7 heteroatoms. The Morgan fingerprint density at radius 2 is 1.91 bits per heavy atom. The first kappa shape index (κ1) is 22.4. The summed E-state index contributed by atoms with van der Waals surface area (Å²) < 4.78 is 11.5. The molecule has 0 unspecified atom stereocenters. The van der Waals surface area contributed by atoms with Crippen molar-refractivity contribution >= 4 is 28.6 Å². The van der Waals surface area contributed by atoms with E-state index in [1.165, 1.54) is 5.56 Å². The summed E-state index contributed by atoms with van der Waals surface area (Å²) in [6.45, 7) is 8.01.